The van der Waals surface area contributed by atoms with Crippen LogP contribution < -0.4 is 10.1 Å². The molecular formula is C11H14FNO3. The number of hydrogen-bond acceptors (Lipinski definition) is 3. The maximum absolute atomic E-state index is 13.3. The number of halogens is 1. The molecule has 0 saturated heterocycles. The van der Waals surface area contributed by atoms with Crippen molar-refractivity contribution in [2.24, 2.45) is 0 Å². The van der Waals surface area contributed by atoms with Gasteiger partial charge in [0.05, 0.1) is 13.0 Å². The van der Waals surface area contributed by atoms with Crippen LogP contribution in [0, 0.1) is 5.82 Å². The molecule has 1 aromatic carbocycles. The van der Waals surface area contributed by atoms with Crippen molar-refractivity contribution in [3.8, 4) is 5.75 Å². The monoisotopic (exact) mass is 227 g/mol. The Morgan fingerprint density at radius 3 is 2.88 bits per heavy atom. The van der Waals surface area contributed by atoms with Crippen LogP contribution in [0.2, 0.25) is 0 Å². The fraction of sp³-hybridized carbons (Fsp3) is 0.364. The van der Waals surface area contributed by atoms with Crippen molar-refractivity contribution in [1.82, 2.24) is 0 Å². The SMILES string of the molecule is CCOc1ccc(NCCC(=O)O)cc1F. The molecule has 0 bridgehead atoms. The molecular weight excluding hydrogens is 213 g/mol. The summed E-state index contributed by atoms with van der Waals surface area (Å²) in [5.41, 5.74) is 0.544. The predicted molar refractivity (Wildman–Crippen MR) is 58.3 cm³/mol. The average molecular weight is 227 g/mol. The number of benzene rings is 1. The van der Waals surface area contributed by atoms with E-state index in [0.717, 1.165) is 0 Å². The van der Waals surface area contributed by atoms with E-state index in [1.165, 1.54) is 12.1 Å². The van der Waals surface area contributed by atoms with Crippen molar-refractivity contribution in [3.05, 3.63) is 24.0 Å². The van der Waals surface area contributed by atoms with E-state index in [-0.39, 0.29) is 18.7 Å². The molecule has 0 heterocycles. The maximum Gasteiger partial charge on any atom is 0.305 e. The summed E-state index contributed by atoms with van der Waals surface area (Å²) in [7, 11) is 0. The Kier molecular flexibility index (Phi) is 4.57. The molecule has 0 saturated carbocycles. The van der Waals surface area contributed by atoms with Gasteiger partial charge in [0.25, 0.3) is 0 Å². The molecule has 1 aromatic rings. The van der Waals surface area contributed by atoms with Gasteiger partial charge in [-0.25, -0.2) is 4.39 Å². The molecule has 0 radical (unpaired) electrons. The first-order chi connectivity index (χ1) is 7.63. The minimum Gasteiger partial charge on any atom is -0.491 e. The molecule has 0 aliphatic carbocycles. The number of rotatable bonds is 6. The summed E-state index contributed by atoms with van der Waals surface area (Å²) in [5.74, 6) is -1.15. The number of carbonyl (C=O) groups is 1. The van der Waals surface area contributed by atoms with Crippen molar-refractivity contribution >= 4 is 11.7 Å². The molecule has 0 unspecified atom stereocenters. The van der Waals surface area contributed by atoms with Gasteiger partial charge in [0.1, 0.15) is 0 Å². The third-order valence-corrected chi connectivity index (χ3v) is 1.90. The first-order valence-corrected chi connectivity index (χ1v) is 5.01. The van der Waals surface area contributed by atoms with Gasteiger partial charge in [0.15, 0.2) is 11.6 Å². The Morgan fingerprint density at radius 2 is 2.31 bits per heavy atom. The standard InChI is InChI=1S/C11H14FNO3/c1-2-16-10-4-3-8(7-9(10)12)13-6-5-11(14)15/h3-4,7,13H,2,5-6H2,1H3,(H,14,15). The molecule has 4 nitrogen and oxygen atoms in total. The molecule has 0 aromatic heterocycles. The summed E-state index contributed by atoms with van der Waals surface area (Å²) in [6, 6.07) is 4.45. The highest BCUT2D eigenvalue weighted by atomic mass is 19.1. The molecule has 16 heavy (non-hydrogen) atoms. The number of aliphatic carboxylic acids is 1. The van der Waals surface area contributed by atoms with Crippen LogP contribution in [0.5, 0.6) is 5.75 Å². The second-order valence-electron chi connectivity index (χ2n) is 3.15. The van der Waals surface area contributed by atoms with Crippen molar-refractivity contribution in [2.45, 2.75) is 13.3 Å². The van der Waals surface area contributed by atoms with Crippen molar-refractivity contribution in [1.29, 1.82) is 0 Å². The van der Waals surface area contributed by atoms with Crippen LogP contribution in [0.3, 0.4) is 0 Å². The third-order valence-electron chi connectivity index (χ3n) is 1.90. The van der Waals surface area contributed by atoms with Gasteiger partial charge < -0.3 is 15.2 Å². The van der Waals surface area contributed by atoms with Gasteiger partial charge in [-0.3, -0.25) is 4.79 Å². The van der Waals surface area contributed by atoms with E-state index in [4.69, 9.17) is 9.84 Å². The summed E-state index contributed by atoms with van der Waals surface area (Å²) in [5, 5.41) is 11.2. The average Bonchev–Trinajstić information content (AvgIpc) is 2.21. The zero-order valence-corrected chi connectivity index (χ0v) is 9.00. The quantitative estimate of drug-likeness (QED) is 0.781. The van der Waals surface area contributed by atoms with Crippen LogP contribution in [0.4, 0.5) is 10.1 Å². The Hall–Kier alpha value is -1.78. The second kappa shape index (κ2) is 5.95. The fourth-order valence-corrected chi connectivity index (χ4v) is 1.20. The molecule has 0 amide bonds. The molecule has 88 valence electrons. The zero-order chi connectivity index (χ0) is 12.0. The zero-order valence-electron chi connectivity index (χ0n) is 9.00. The smallest absolute Gasteiger partial charge is 0.305 e. The van der Waals surface area contributed by atoms with E-state index in [1.54, 1.807) is 13.0 Å². The Labute approximate surface area is 93.0 Å². The van der Waals surface area contributed by atoms with E-state index < -0.39 is 11.8 Å². The first-order valence-electron chi connectivity index (χ1n) is 5.01. The van der Waals surface area contributed by atoms with E-state index in [2.05, 4.69) is 5.32 Å². The largest absolute Gasteiger partial charge is 0.491 e. The number of hydrogen-bond donors (Lipinski definition) is 2. The number of carboxylic acids is 1. The minimum atomic E-state index is -0.890. The van der Waals surface area contributed by atoms with E-state index >= 15 is 0 Å². The van der Waals surface area contributed by atoms with Crippen LogP contribution in [-0.2, 0) is 4.79 Å². The number of carboxylic acid groups (broad SMARTS) is 1. The normalized spacial score (nSPS) is 9.88. The molecule has 0 atom stereocenters. The lowest BCUT2D eigenvalue weighted by molar-refractivity contribution is -0.136. The van der Waals surface area contributed by atoms with Crippen LogP contribution in [0.1, 0.15) is 13.3 Å². The molecule has 2 N–H and O–H groups in total. The lowest BCUT2D eigenvalue weighted by Crippen LogP contribution is -2.07. The second-order valence-corrected chi connectivity index (χ2v) is 3.15. The number of ether oxygens (including phenoxy) is 1. The van der Waals surface area contributed by atoms with E-state index in [0.29, 0.717) is 12.3 Å². The minimum absolute atomic E-state index is 0.00513. The summed E-state index contributed by atoms with van der Waals surface area (Å²) in [6.07, 6.45) is -0.00513. The maximum atomic E-state index is 13.3. The van der Waals surface area contributed by atoms with Crippen LogP contribution in [0.15, 0.2) is 18.2 Å². The van der Waals surface area contributed by atoms with Crippen LogP contribution >= 0.6 is 0 Å². The van der Waals surface area contributed by atoms with E-state index in [9.17, 15) is 9.18 Å². The summed E-state index contributed by atoms with van der Waals surface area (Å²) < 4.78 is 18.4. The highest BCUT2D eigenvalue weighted by Gasteiger charge is 2.04. The third kappa shape index (κ3) is 3.76. The van der Waals surface area contributed by atoms with E-state index in [1.807, 2.05) is 0 Å². The molecule has 0 aliphatic heterocycles. The van der Waals surface area contributed by atoms with Crippen molar-refractivity contribution in [3.63, 3.8) is 0 Å². The van der Waals surface area contributed by atoms with Gasteiger partial charge in [-0.1, -0.05) is 0 Å². The van der Waals surface area contributed by atoms with Crippen LogP contribution in [0.25, 0.3) is 0 Å². The predicted octanol–water partition coefficient (Wildman–Crippen LogP) is 2.11. The molecule has 0 spiro atoms. The first kappa shape index (κ1) is 12.3. The van der Waals surface area contributed by atoms with Gasteiger partial charge in [-0.2, -0.15) is 0 Å². The highest BCUT2D eigenvalue weighted by molar-refractivity contribution is 5.67. The lowest BCUT2D eigenvalue weighted by Gasteiger charge is -2.08. The lowest BCUT2D eigenvalue weighted by atomic mass is 10.3. The Morgan fingerprint density at radius 1 is 1.56 bits per heavy atom. The summed E-state index contributed by atoms with van der Waals surface area (Å²) in [6.45, 7) is 2.45. The Bertz CT molecular complexity index is 368. The van der Waals surface area contributed by atoms with Gasteiger partial charge in [0.2, 0.25) is 0 Å². The van der Waals surface area contributed by atoms with Crippen molar-refractivity contribution < 1.29 is 19.0 Å². The summed E-state index contributed by atoms with van der Waals surface area (Å²) in [4.78, 5) is 10.3. The van der Waals surface area contributed by atoms with Gasteiger partial charge >= 0.3 is 5.97 Å². The highest BCUT2D eigenvalue weighted by Crippen LogP contribution is 2.20. The van der Waals surface area contributed by atoms with Gasteiger partial charge in [-0.05, 0) is 19.1 Å². The van der Waals surface area contributed by atoms with Crippen molar-refractivity contribution in [2.75, 3.05) is 18.5 Å². The summed E-state index contributed by atoms with van der Waals surface area (Å²) >= 11 is 0. The van der Waals surface area contributed by atoms with Gasteiger partial charge in [-0.15, -0.1) is 0 Å². The van der Waals surface area contributed by atoms with Gasteiger partial charge in [0, 0.05) is 18.3 Å². The number of nitrogens with one attached hydrogen (secondary N) is 1. The fourth-order valence-electron chi connectivity index (χ4n) is 1.20. The molecule has 0 aliphatic rings. The molecule has 5 heteroatoms. The number of anilines is 1. The molecule has 1 rings (SSSR count). The van der Waals surface area contributed by atoms with Crippen LogP contribution in [-0.4, -0.2) is 24.2 Å². The Balaban J connectivity index is 2.55. The topological polar surface area (TPSA) is 58.6 Å². The molecule has 0 fully saturated rings.